The molecule has 0 aliphatic carbocycles. The van der Waals surface area contributed by atoms with Gasteiger partial charge in [0.25, 0.3) is 0 Å². The average Bonchev–Trinajstić information content (AvgIpc) is 2.72. The van der Waals surface area contributed by atoms with Crippen LogP contribution < -0.4 is 10.6 Å². The summed E-state index contributed by atoms with van der Waals surface area (Å²) < 4.78 is 0. The highest BCUT2D eigenvalue weighted by molar-refractivity contribution is 5.90. The summed E-state index contributed by atoms with van der Waals surface area (Å²) in [6.07, 6.45) is 2.31. The molecule has 2 amide bonds. The SMILES string of the molecule is O=C(O)CCc1ccc(-c2cccc(NC(=O)NCc3ccccn3)c2)cc1. The van der Waals surface area contributed by atoms with Gasteiger partial charge in [0.1, 0.15) is 0 Å². The Hall–Kier alpha value is -3.67. The van der Waals surface area contributed by atoms with Crippen LogP contribution in [0, 0.1) is 0 Å². The van der Waals surface area contributed by atoms with E-state index in [4.69, 9.17) is 5.11 Å². The number of nitrogens with one attached hydrogen (secondary N) is 2. The van der Waals surface area contributed by atoms with Gasteiger partial charge in [0.2, 0.25) is 0 Å². The number of carbonyl (C=O) groups is 2. The van der Waals surface area contributed by atoms with Gasteiger partial charge in [-0.05, 0) is 47.4 Å². The molecule has 0 radical (unpaired) electrons. The number of urea groups is 1. The molecule has 3 rings (SSSR count). The van der Waals surface area contributed by atoms with Crippen LogP contribution in [-0.2, 0) is 17.8 Å². The molecule has 6 heteroatoms. The second-order valence-electron chi connectivity index (χ2n) is 6.30. The number of carboxylic acids is 1. The number of amides is 2. The Kier molecular flexibility index (Phi) is 6.36. The van der Waals surface area contributed by atoms with Crippen molar-refractivity contribution in [3.63, 3.8) is 0 Å². The van der Waals surface area contributed by atoms with Gasteiger partial charge in [-0.3, -0.25) is 9.78 Å². The van der Waals surface area contributed by atoms with E-state index >= 15 is 0 Å². The van der Waals surface area contributed by atoms with Crippen LogP contribution in [0.1, 0.15) is 17.7 Å². The Labute approximate surface area is 163 Å². The number of hydrogen-bond donors (Lipinski definition) is 3. The first-order valence-electron chi connectivity index (χ1n) is 8.96. The van der Waals surface area contributed by atoms with Crippen LogP contribution in [0.2, 0.25) is 0 Å². The number of rotatable bonds is 7. The standard InChI is InChI=1S/C22H21N3O3/c26-21(27)12-9-16-7-10-17(11-8-16)18-4-3-6-19(14-18)25-22(28)24-15-20-5-1-2-13-23-20/h1-8,10-11,13-14H,9,12,15H2,(H,26,27)(H2,24,25,28). The molecule has 0 aliphatic rings. The molecule has 28 heavy (non-hydrogen) atoms. The fourth-order valence-electron chi connectivity index (χ4n) is 2.74. The summed E-state index contributed by atoms with van der Waals surface area (Å²) in [4.78, 5) is 26.9. The van der Waals surface area contributed by atoms with E-state index in [2.05, 4.69) is 15.6 Å². The predicted molar refractivity (Wildman–Crippen MR) is 108 cm³/mol. The minimum atomic E-state index is -0.802. The zero-order valence-corrected chi connectivity index (χ0v) is 15.3. The van der Waals surface area contributed by atoms with Gasteiger partial charge >= 0.3 is 12.0 Å². The summed E-state index contributed by atoms with van der Waals surface area (Å²) >= 11 is 0. The molecule has 0 bridgehead atoms. The third-order valence-electron chi connectivity index (χ3n) is 4.19. The minimum absolute atomic E-state index is 0.117. The number of anilines is 1. The van der Waals surface area contributed by atoms with Crippen LogP contribution in [-0.4, -0.2) is 22.1 Å². The topological polar surface area (TPSA) is 91.3 Å². The molecule has 1 heterocycles. The fraction of sp³-hybridized carbons (Fsp3) is 0.136. The zero-order valence-electron chi connectivity index (χ0n) is 15.3. The van der Waals surface area contributed by atoms with Crippen molar-refractivity contribution in [2.75, 3.05) is 5.32 Å². The Morgan fingerprint density at radius 1 is 0.929 bits per heavy atom. The van der Waals surface area contributed by atoms with Gasteiger partial charge in [-0.15, -0.1) is 0 Å². The number of aliphatic carboxylic acids is 1. The van der Waals surface area contributed by atoms with Gasteiger partial charge in [0.05, 0.1) is 12.2 Å². The number of carbonyl (C=O) groups excluding carboxylic acids is 1. The molecule has 0 saturated carbocycles. The third kappa shape index (κ3) is 5.67. The van der Waals surface area contributed by atoms with E-state index in [1.54, 1.807) is 6.20 Å². The van der Waals surface area contributed by atoms with Crippen molar-refractivity contribution in [1.29, 1.82) is 0 Å². The monoisotopic (exact) mass is 375 g/mol. The molecule has 0 unspecified atom stereocenters. The second-order valence-corrected chi connectivity index (χ2v) is 6.30. The molecular weight excluding hydrogens is 354 g/mol. The highest BCUT2D eigenvalue weighted by atomic mass is 16.4. The van der Waals surface area contributed by atoms with E-state index in [0.29, 0.717) is 18.7 Å². The molecule has 0 atom stereocenters. The van der Waals surface area contributed by atoms with Gasteiger partial charge in [-0.1, -0.05) is 42.5 Å². The van der Waals surface area contributed by atoms with E-state index in [9.17, 15) is 9.59 Å². The molecule has 3 aromatic rings. The number of carboxylic acid groups (broad SMARTS) is 1. The number of benzene rings is 2. The zero-order chi connectivity index (χ0) is 19.8. The maximum Gasteiger partial charge on any atom is 0.319 e. The van der Waals surface area contributed by atoms with E-state index in [1.165, 1.54) is 0 Å². The number of aromatic nitrogens is 1. The summed E-state index contributed by atoms with van der Waals surface area (Å²) in [6, 6.07) is 20.6. The molecule has 3 N–H and O–H groups in total. The van der Waals surface area contributed by atoms with Gasteiger partial charge < -0.3 is 15.7 Å². The normalized spacial score (nSPS) is 10.3. The van der Waals surface area contributed by atoms with Gasteiger partial charge in [-0.2, -0.15) is 0 Å². The maximum absolute atomic E-state index is 12.1. The highest BCUT2D eigenvalue weighted by Crippen LogP contribution is 2.23. The van der Waals surface area contributed by atoms with Gasteiger partial charge in [0.15, 0.2) is 0 Å². The predicted octanol–water partition coefficient (Wildman–Crippen LogP) is 4.09. The molecule has 0 spiro atoms. The molecule has 142 valence electrons. The van der Waals surface area contributed by atoms with Crippen LogP contribution in [0.15, 0.2) is 72.9 Å². The Morgan fingerprint density at radius 3 is 2.46 bits per heavy atom. The van der Waals surface area contributed by atoms with Crippen molar-refractivity contribution in [1.82, 2.24) is 10.3 Å². The fourth-order valence-corrected chi connectivity index (χ4v) is 2.74. The van der Waals surface area contributed by atoms with Crippen molar-refractivity contribution in [2.24, 2.45) is 0 Å². The first kappa shape index (κ1) is 19.1. The molecular formula is C22H21N3O3. The molecule has 1 aromatic heterocycles. The lowest BCUT2D eigenvalue weighted by Crippen LogP contribution is -2.28. The van der Waals surface area contributed by atoms with Crippen molar-refractivity contribution < 1.29 is 14.7 Å². The number of nitrogens with zero attached hydrogens (tertiary/aromatic N) is 1. The molecule has 2 aromatic carbocycles. The Balaban J connectivity index is 1.60. The Morgan fingerprint density at radius 2 is 1.75 bits per heavy atom. The van der Waals surface area contributed by atoms with Crippen LogP contribution in [0.3, 0.4) is 0 Å². The lowest BCUT2D eigenvalue weighted by molar-refractivity contribution is -0.136. The quantitative estimate of drug-likeness (QED) is 0.580. The largest absolute Gasteiger partial charge is 0.481 e. The average molecular weight is 375 g/mol. The van der Waals surface area contributed by atoms with Crippen molar-refractivity contribution in [3.05, 3.63) is 84.2 Å². The number of hydrogen-bond acceptors (Lipinski definition) is 3. The van der Waals surface area contributed by atoms with Crippen LogP contribution in [0.25, 0.3) is 11.1 Å². The van der Waals surface area contributed by atoms with Crippen LogP contribution in [0.4, 0.5) is 10.5 Å². The summed E-state index contributed by atoms with van der Waals surface area (Å²) in [7, 11) is 0. The van der Waals surface area contributed by atoms with E-state index < -0.39 is 5.97 Å². The maximum atomic E-state index is 12.1. The van der Waals surface area contributed by atoms with Crippen LogP contribution in [0.5, 0.6) is 0 Å². The summed E-state index contributed by atoms with van der Waals surface area (Å²) in [6.45, 7) is 0.351. The van der Waals surface area contributed by atoms with Gasteiger partial charge in [-0.25, -0.2) is 4.79 Å². The minimum Gasteiger partial charge on any atom is -0.481 e. The third-order valence-corrected chi connectivity index (χ3v) is 4.19. The molecule has 6 nitrogen and oxygen atoms in total. The smallest absolute Gasteiger partial charge is 0.319 e. The van der Waals surface area contributed by atoms with E-state index in [1.807, 2.05) is 66.7 Å². The molecule has 0 saturated heterocycles. The first-order chi connectivity index (χ1) is 13.6. The lowest BCUT2D eigenvalue weighted by atomic mass is 10.0. The number of aryl methyl sites for hydroxylation is 1. The van der Waals surface area contributed by atoms with Gasteiger partial charge in [0, 0.05) is 18.3 Å². The van der Waals surface area contributed by atoms with Crippen molar-refractivity contribution in [2.45, 2.75) is 19.4 Å². The summed E-state index contributed by atoms with van der Waals surface area (Å²) in [5.41, 5.74) is 4.42. The van der Waals surface area contributed by atoms with Crippen molar-refractivity contribution in [3.8, 4) is 11.1 Å². The second kappa shape index (κ2) is 9.32. The van der Waals surface area contributed by atoms with E-state index in [0.717, 1.165) is 22.4 Å². The first-order valence-corrected chi connectivity index (χ1v) is 8.96. The van der Waals surface area contributed by atoms with E-state index in [-0.39, 0.29) is 12.5 Å². The summed E-state index contributed by atoms with van der Waals surface area (Å²) in [5.74, 6) is -0.802. The highest BCUT2D eigenvalue weighted by Gasteiger charge is 2.05. The summed E-state index contributed by atoms with van der Waals surface area (Å²) in [5, 5.41) is 14.4. The Bertz CT molecular complexity index is 941. The number of pyridine rings is 1. The molecule has 0 aliphatic heterocycles. The lowest BCUT2D eigenvalue weighted by Gasteiger charge is -2.09. The van der Waals surface area contributed by atoms with Crippen molar-refractivity contribution >= 4 is 17.7 Å². The van der Waals surface area contributed by atoms with Crippen LogP contribution >= 0.6 is 0 Å². The molecule has 0 fully saturated rings.